The van der Waals surface area contributed by atoms with Crippen LogP contribution in [0.2, 0.25) is 5.02 Å². The molecule has 0 bridgehead atoms. The smallest absolute Gasteiger partial charge is 0.254 e. The molecule has 1 saturated heterocycles. The van der Waals surface area contributed by atoms with E-state index in [0.29, 0.717) is 22.8 Å². The second-order valence-corrected chi connectivity index (χ2v) is 8.24. The quantitative estimate of drug-likeness (QED) is 0.847. The van der Waals surface area contributed by atoms with E-state index in [1.807, 2.05) is 0 Å². The van der Waals surface area contributed by atoms with Gasteiger partial charge in [-0.1, -0.05) is 17.7 Å². The first-order valence-electron chi connectivity index (χ1n) is 7.24. The van der Waals surface area contributed by atoms with Crippen molar-refractivity contribution in [2.75, 3.05) is 11.5 Å². The summed E-state index contributed by atoms with van der Waals surface area (Å²) in [5.74, 6) is 0.463. The van der Waals surface area contributed by atoms with Crippen LogP contribution in [0, 0.1) is 0 Å². The summed E-state index contributed by atoms with van der Waals surface area (Å²) in [5, 5.41) is 0.466. The summed E-state index contributed by atoms with van der Waals surface area (Å²) in [7, 11) is -3.09. The molecule has 7 heteroatoms. The number of benzene rings is 1. The third-order valence-electron chi connectivity index (χ3n) is 3.89. The zero-order valence-electron chi connectivity index (χ0n) is 12.3. The highest BCUT2D eigenvalue weighted by Crippen LogP contribution is 2.23. The molecule has 0 N–H and O–H groups in total. The van der Waals surface area contributed by atoms with E-state index in [9.17, 15) is 13.2 Å². The molecule has 1 amide bonds. The van der Waals surface area contributed by atoms with Crippen LogP contribution in [0.3, 0.4) is 0 Å². The Kier molecular flexibility index (Phi) is 4.46. The molecule has 3 rings (SSSR count). The van der Waals surface area contributed by atoms with E-state index in [0.717, 1.165) is 0 Å². The van der Waals surface area contributed by atoms with Crippen molar-refractivity contribution in [2.24, 2.45) is 0 Å². The highest BCUT2D eigenvalue weighted by molar-refractivity contribution is 7.91. The molecule has 0 unspecified atom stereocenters. The van der Waals surface area contributed by atoms with Gasteiger partial charge in [0.15, 0.2) is 9.84 Å². The molecule has 23 heavy (non-hydrogen) atoms. The van der Waals surface area contributed by atoms with E-state index in [2.05, 4.69) is 0 Å². The highest BCUT2D eigenvalue weighted by atomic mass is 35.5. The van der Waals surface area contributed by atoms with Gasteiger partial charge in [0.05, 0.1) is 24.3 Å². The second kappa shape index (κ2) is 6.37. The number of rotatable bonds is 4. The van der Waals surface area contributed by atoms with E-state index in [4.69, 9.17) is 16.0 Å². The van der Waals surface area contributed by atoms with Gasteiger partial charge in [-0.25, -0.2) is 8.42 Å². The van der Waals surface area contributed by atoms with Crippen molar-refractivity contribution in [1.82, 2.24) is 4.90 Å². The Bertz CT molecular complexity index is 801. The van der Waals surface area contributed by atoms with Gasteiger partial charge in [0.2, 0.25) is 0 Å². The summed E-state index contributed by atoms with van der Waals surface area (Å²) in [6, 6.07) is 9.80. The molecule has 122 valence electrons. The monoisotopic (exact) mass is 353 g/mol. The first kappa shape index (κ1) is 16.1. The van der Waals surface area contributed by atoms with Gasteiger partial charge in [-0.3, -0.25) is 4.79 Å². The average Bonchev–Trinajstić information content (AvgIpc) is 3.13. The highest BCUT2D eigenvalue weighted by Gasteiger charge is 2.35. The fourth-order valence-electron chi connectivity index (χ4n) is 2.75. The summed E-state index contributed by atoms with van der Waals surface area (Å²) >= 11 is 5.96. The van der Waals surface area contributed by atoms with Gasteiger partial charge in [0.25, 0.3) is 5.91 Å². The van der Waals surface area contributed by atoms with Gasteiger partial charge in [0, 0.05) is 16.6 Å². The maximum atomic E-state index is 12.9. The molecule has 2 heterocycles. The van der Waals surface area contributed by atoms with Crippen LogP contribution in [0.25, 0.3) is 0 Å². The van der Waals surface area contributed by atoms with E-state index in [-0.39, 0.29) is 30.0 Å². The first-order chi connectivity index (χ1) is 10.9. The Morgan fingerprint density at radius 2 is 2.13 bits per heavy atom. The molecule has 0 spiro atoms. The van der Waals surface area contributed by atoms with Crippen LogP contribution < -0.4 is 0 Å². The van der Waals surface area contributed by atoms with Crippen LogP contribution in [0.1, 0.15) is 22.5 Å². The molecule has 2 aromatic rings. The largest absolute Gasteiger partial charge is 0.467 e. The topological polar surface area (TPSA) is 67.6 Å². The lowest BCUT2D eigenvalue weighted by Crippen LogP contribution is -2.40. The minimum Gasteiger partial charge on any atom is -0.467 e. The van der Waals surface area contributed by atoms with Crippen LogP contribution in [-0.4, -0.2) is 36.8 Å². The van der Waals surface area contributed by atoms with Crippen LogP contribution in [0.4, 0.5) is 0 Å². The summed E-state index contributed by atoms with van der Waals surface area (Å²) in [5.41, 5.74) is 0.438. The van der Waals surface area contributed by atoms with E-state index in [1.54, 1.807) is 41.3 Å². The Hall–Kier alpha value is -1.79. The number of nitrogens with zero attached hydrogens (tertiary/aromatic N) is 1. The van der Waals surface area contributed by atoms with Crippen molar-refractivity contribution in [3.63, 3.8) is 0 Å². The van der Waals surface area contributed by atoms with Crippen molar-refractivity contribution in [2.45, 2.75) is 19.0 Å². The fraction of sp³-hybridized carbons (Fsp3) is 0.312. The summed E-state index contributed by atoms with van der Waals surface area (Å²) < 4.78 is 28.9. The fourth-order valence-corrected chi connectivity index (χ4v) is 4.67. The SMILES string of the molecule is O=C(c1cccc(Cl)c1)N(Cc1ccco1)[C@H]1CCS(=O)(=O)C1. The van der Waals surface area contributed by atoms with Gasteiger partial charge < -0.3 is 9.32 Å². The van der Waals surface area contributed by atoms with Crippen LogP contribution in [-0.2, 0) is 16.4 Å². The Morgan fingerprint density at radius 1 is 1.30 bits per heavy atom. The van der Waals surface area contributed by atoms with E-state index < -0.39 is 9.84 Å². The minimum atomic E-state index is -3.09. The van der Waals surface area contributed by atoms with Crippen LogP contribution in [0.5, 0.6) is 0 Å². The van der Waals surface area contributed by atoms with E-state index >= 15 is 0 Å². The molecular weight excluding hydrogens is 338 g/mol. The first-order valence-corrected chi connectivity index (χ1v) is 9.44. The van der Waals surface area contributed by atoms with Crippen molar-refractivity contribution in [1.29, 1.82) is 0 Å². The molecular formula is C16H16ClNO4S. The molecule has 1 fully saturated rings. The van der Waals surface area contributed by atoms with Gasteiger partial charge in [0.1, 0.15) is 5.76 Å². The lowest BCUT2D eigenvalue weighted by Gasteiger charge is -2.27. The molecule has 1 aliphatic rings. The molecule has 0 aliphatic carbocycles. The molecule has 5 nitrogen and oxygen atoms in total. The third-order valence-corrected chi connectivity index (χ3v) is 5.87. The molecule has 0 saturated carbocycles. The molecule has 0 radical (unpaired) electrons. The maximum Gasteiger partial charge on any atom is 0.254 e. The number of halogens is 1. The predicted octanol–water partition coefficient (Wildman–Crippen LogP) is 2.76. The summed E-state index contributed by atoms with van der Waals surface area (Å²) in [6.45, 7) is 0.235. The average molecular weight is 354 g/mol. The van der Waals surface area contributed by atoms with Crippen molar-refractivity contribution in [3.05, 3.63) is 59.0 Å². The normalized spacial score (nSPS) is 19.6. The van der Waals surface area contributed by atoms with Gasteiger partial charge in [-0.15, -0.1) is 0 Å². The number of sulfone groups is 1. The van der Waals surface area contributed by atoms with Crippen molar-refractivity contribution >= 4 is 27.3 Å². The predicted molar refractivity (Wildman–Crippen MR) is 87.1 cm³/mol. The Balaban J connectivity index is 1.89. The number of furan rings is 1. The zero-order chi connectivity index (χ0) is 16.4. The Morgan fingerprint density at radius 3 is 2.74 bits per heavy atom. The molecule has 1 atom stereocenters. The van der Waals surface area contributed by atoms with E-state index in [1.165, 1.54) is 6.26 Å². The van der Waals surface area contributed by atoms with Gasteiger partial charge in [-0.2, -0.15) is 0 Å². The summed E-state index contributed by atoms with van der Waals surface area (Å²) in [4.78, 5) is 14.4. The number of hydrogen-bond donors (Lipinski definition) is 0. The lowest BCUT2D eigenvalue weighted by atomic mass is 10.1. The number of hydrogen-bond acceptors (Lipinski definition) is 4. The van der Waals surface area contributed by atoms with Crippen LogP contribution >= 0.6 is 11.6 Å². The zero-order valence-corrected chi connectivity index (χ0v) is 13.9. The molecule has 1 aromatic heterocycles. The minimum absolute atomic E-state index is 0.0139. The van der Waals surface area contributed by atoms with Crippen molar-refractivity contribution in [3.8, 4) is 0 Å². The molecule has 1 aromatic carbocycles. The van der Waals surface area contributed by atoms with Crippen LogP contribution in [0.15, 0.2) is 47.1 Å². The standard InChI is InChI=1S/C16H16ClNO4S/c17-13-4-1-3-12(9-13)16(19)18(10-15-5-2-7-22-15)14-6-8-23(20,21)11-14/h1-5,7,9,14H,6,8,10-11H2/t14-/m0/s1. The van der Waals surface area contributed by atoms with Gasteiger partial charge in [-0.05, 0) is 36.8 Å². The maximum absolute atomic E-state index is 12.9. The third kappa shape index (κ3) is 3.76. The lowest BCUT2D eigenvalue weighted by molar-refractivity contribution is 0.0666. The number of carbonyl (C=O) groups excluding carboxylic acids is 1. The second-order valence-electron chi connectivity index (χ2n) is 5.58. The number of carbonyl (C=O) groups is 1. The molecule has 1 aliphatic heterocycles. The Labute approximate surface area is 139 Å². The van der Waals surface area contributed by atoms with Gasteiger partial charge >= 0.3 is 0 Å². The number of amides is 1. The van der Waals surface area contributed by atoms with Crippen molar-refractivity contribution < 1.29 is 17.6 Å². The summed E-state index contributed by atoms with van der Waals surface area (Å²) in [6.07, 6.45) is 1.97.